The van der Waals surface area contributed by atoms with Gasteiger partial charge in [-0.3, -0.25) is 4.79 Å². The second-order valence-corrected chi connectivity index (χ2v) is 8.06. The molecule has 4 heterocycles. The first kappa shape index (κ1) is 18.0. The maximum atomic E-state index is 12.9. The molecule has 27 heavy (non-hydrogen) atoms. The largest absolute Gasteiger partial charge is 0.469 e. The van der Waals surface area contributed by atoms with E-state index in [1.807, 2.05) is 43.1 Å². The van der Waals surface area contributed by atoms with Gasteiger partial charge in [0.25, 0.3) is 5.91 Å². The van der Waals surface area contributed by atoms with Gasteiger partial charge in [0.2, 0.25) is 5.95 Å². The molecule has 144 valence electrons. The molecule has 7 nitrogen and oxygen atoms in total. The van der Waals surface area contributed by atoms with Crippen LogP contribution in [0, 0.1) is 5.41 Å². The van der Waals surface area contributed by atoms with Gasteiger partial charge in [-0.1, -0.05) is 6.92 Å². The van der Waals surface area contributed by atoms with E-state index in [0.29, 0.717) is 11.5 Å². The summed E-state index contributed by atoms with van der Waals surface area (Å²) >= 11 is 0. The number of nitrogens with zero attached hydrogens (tertiary/aromatic N) is 5. The van der Waals surface area contributed by atoms with Gasteiger partial charge in [-0.05, 0) is 19.2 Å². The smallest absolute Gasteiger partial charge is 0.257 e. The first-order valence-electron chi connectivity index (χ1n) is 9.48. The summed E-state index contributed by atoms with van der Waals surface area (Å²) in [6.45, 7) is 5.46. The van der Waals surface area contributed by atoms with E-state index in [9.17, 15) is 4.79 Å². The summed E-state index contributed by atoms with van der Waals surface area (Å²) in [5, 5.41) is 0. The topological polar surface area (TPSA) is 65.7 Å². The van der Waals surface area contributed by atoms with Crippen molar-refractivity contribution in [1.29, 1.82) is 0 Å². The minimum absolute atomic E-state index is 0.0679. The van der Waals surface area contributed by atoms with E-state index in [4.69, 9.17) is 9.40 Å². The highest BCUT2D eigenvalue weighted by Gasteiger charge is 2.55. The van der Waals surface area contributed by atoms with Crippen molar-refractivity contribution in [3.05, 3.63) is 41.6 Å². The van der Waals surface area contributed by atoms with Crippen LogP contribution in [0.25, 0.3) is 0 Å². The molecule has 0 N–H and O–H groups in total. The zero-order valence-electron chi connectivity index (χ0n) is 16.5. The van der Waals surface area contributed by atoms with Gasteiger partial charge in [0.05, 0.1) is 17.5 Å². The number of anilines is 1. The third kappa shape index (κ3) is 3.00. The highest BCUT2D eigenvalue weighted by Crippen LogP contribution is 2.48. The molecule has 2 saturated heterocycles. The molecule has 1 atom stereocenters. The zero-order valence-corrected chi connectivity index (χ0v) is 16.5. The van der Waals surface area contributed by atoms with Crippen LogP contribution in [0.15, 0.2) is 29.0 Å². The van der Waals surface area contributed by atoms with Crippen molar-refractivity contribution in [2.24, 2.45) is 5.41 Å². The van der Waals surface area contributed by atoms with Crippen molar-refractivity contribution >= 4 is 11.9 Å². The van der Waals surface area contributed by atoms with Crippen LogP contribution in [0.5, 0.6) is 0 Å². The monoisotopic (exact) mass is 369 g/mol. The van der Waals surface area contributed by atoms with E-state index in [1.54, 1.807) is 12.3 Å². The number of aryl methyl sites for hydroxylation is 1. The normalized spacial score (nSPS) is 21.5. The van der Waals surface area contributed by atoms with Crippen LogP contribution < -0.4 is 4.90 Å². The minimum Gasteiger partial charge on any atom is -0.469 e. The van der Waals surface area contributed by atoms with Gasteiger partial charge >= 0.3 is 0 Å². The highest BCUT2D eigenvalue weighted by atomic mass is 16.3. The maximum Gasteiger partial charge on any atom is 0.257 e. The van der Waals surface area contributed by atoms with Crippen LogP contribution in [-0.2, 0) is 6.42 Å². The molecule has 2 aliphatic heterocycles. The molecule has 0 bridgehead atoms. The summed E-state index contributed by atoms with van der Waals surface area (Å²) in [5.74, 6) is 1.89. The van der Waals surface area contributed by atoms with Crippen molar-refractivity contribution in [3.63, 3.8) is 0 Å². The number of carbonyl (C=O) groups is 1. The number of amides is 1. The van der Waals surface area contributed by atoms with E-state index >= 15 is 0 Å². The summed E-state index contributed by atoms with van der Waals surface area (Å²) in [6.07, 6.45) is 4.17. The Hall–Kier alpha value is -2.41. The zero-order chi connectivity index (χ0) is 19.2. The SMILES string of the molecule is CCc1occc1C(=O)N1CC2(CN(C)CC2c2ccnc(N(C)C)n2)C1. The molecule has 0 saturated carbocycles. The fraction of sp³-hybridized carbons (Fsp3) is 0.550. The Kier molecular flexibility index (Phi) is 4.42. The second-order valence-electron chi connectivity index (χ2n) is 8.06. The van der Waals surface area contributed by atoms with Gasteiger partial charge in [-0.25, -0.2) is 9.97 Å². The lowest BCUT2D eigenvalue weighted by Crippen LogP contribution is -2.61. The summed E-state index contributed by atoms with van der Waals surface area (Å²) < 4.78 is 5.44. The van der Waals surface area contributed by atoms with E-state index in [0.717, 1.165) is 50.0 Å². The predicted octanol–water partition coefficient (Wildman–Crippen LogP) is 1.87. The van der Waals surface area contributed by atoms with Crippen molar-refractivity contribution in [1.82, 2.24) is 19.8 Å². The average molecular weight is 369 g/mol. The Labute approximate surface area is 160 Å². The second kappa shape index (κ2) is 6.64. The number of likely N-dealkylation sites (tertiary alicyclic amines) is 2. The highest BCUT2D eigenvalue weighted by molar-refractivity contribution is 5.95. The van der Waals surface area contributed by atoms with Gasteiger partial charge in [0.1, 0.15) is 5.76 Å². The molecule has 1 amide bonds. The molecule has 2 aliphatic rings. The third-order valence-corrected chi connectivity index (χ3v) is 5.84. The maximum absolute atomic E-state index is 12.9. The lowest BCUT2D eigenvalue weighted by molar-refractivity contribution is 0.00339. The number of furan rings is 1. The van der Waals surface area contributed by atoms with Gasteiger partial charge in [0, 0.05) is 64.2 Å². The molecule has 7 heteroatoms. The molecule has 2 aromatic rings. The number of hydrogen-bond acceptors (Lipinski definition) is 6. The first-order valence-corrected chi connectivity index (χ1v) is 9.48. The van der Waals surface area contributed by atoms with Gasteiger partial charge in [-0.2, -0.15) is 0 Å². The van der Waals surface area contributed by atoms with Gasteiger partial charge < -0.3 is 19.1 Å². The van der Waals surface area contributed by atoms with Crippen LogP contribution in [0.4, 0.5) is 5.95 Å². The number of aromatic nitrogens is 2. The summed E-state index contributed by atoms with van der Waals surface area (Å²) in [5.41, 5.74) is 1.84. The lowest BCUT2D eigenvalue weighted by Gasteiger charge is -2.51. The summed E-state index contributed by atoms with van der Waals surface area (Å²) in [6, 6.07) is 3.81. The van der Waals surface area contributed by atoms with Crippen molar-refractivity contribution in [2.45, 2.75) is 19.3 Å². The Morgan fingerprint density at radius 2 is 2.11 bits per heavy atom. The average Bonchev–Trinajstić information content (AvgIpc) is 3.24. The molecule has 0 aromatic carbocycles. The molecule has 0 aliphatic carbocycles. The molecule has 4 rings (SSSR count). The molecule has 1 unspecified atom stereocenters. The number of likely N-dealkylation sites (N-methyl/N-ethyl adjacent to an activating group) is 1. The Balaban J connectivity index is 1.55. The lowest BCUT2D eigenvalue weighted by atomic mass is 9.70. The minimum atomic E-state index is 0.0679. The Morgan fingerprint density at radius 3 is 2.81 bits per heavy atom. The summed E-state index contributed by atoms with van der Waals surface area (Å²) in [7, 11) is 6.05. The van der Waals surface area contributed by atoms with Crippen molar-refractivity contribution in [2.75, 3.05) is 52.2 Å². The van der Waals surface area contributed by atoms with Crippen LogP contribution in [0.2, 0.25) is 0 Å². The number of hydrogen-bond donors (Lipinski definition) is 0. The fourth-order valence-electron chi connectivity index (χ4n) is 4.55. The first-order chi connectivity index (χ1) is 12.9. The van der Waals surface area contributed by atoms with Crippen LogP contribution in [-0.4, -0.2) is 73.0 Å². The predicted molar refractivity (Wildman–Crippen MR) is 103 cm³/mol. The Morgan fingerprint density at radius 1 is 1.33 bits per heavy atom. The molecular weight excluding hydrogens is 342 g/mol. The molecule has 1 spiro atoms. The van der Waals surface area contributed by atoms with Crippen LogP contribution >= 0.6 is 0 Å². The fourth-order valence-corrected chi connectivity index (χ4v) is 4.55. The van der Waals surface area contributed by atoms with E-state index in [-0.39, 0.29) is 11.3 Å². The van der Waals surface area contributed by atoms with Crippen LogP contribution in [0.3, 0.4) is 0 Å². The molecule has 0 radical (unpaired) electrons. The van der Waals surface area contributed by atoms with Gasteiger partial charge in [0.15, 0.2) is 0 Å². The molecular formula is C20H27N5O2. The van der Waals surface area contributed by atoms with Gasteiger partial charge in [-0.15, -0.1) is 0 Å². The third-order valence-electron chi connectivity index (χ3n) is 5.84. The van der Waals surface area contributed by atoms with Crippen LogP contribution in [0.1, 0.15) is 34.7 Å². The van der Waals surface area contributed by atoms with E-state index < -0.39 is 0 Å². The standard InChI is InChI=1S/C20H27N5O2/c1-5-17-14(7-9-27-17)18(26)25-12-20(13-25)11-24(4)10-15(20)16-6-8-21-19(22-16)23(2)3/h6-9,15H,5,10-13H2,1-4H3. The Bertz CT molecular complexity index is 840. The quantitative estimate of drug-likeness (QED) is 0.820. The van der Waals surface area contributed by atoms with Crippen molar-refractivity contribution in [3.8, 4) is 0 Å². The number of rotatable bonds is 4. The van der Waals surface area contributed by atoms with E-state index in [2.05, 4.69) is 16.9 Å². The number of carbonyl (C=O) groups excluding carboxylic acids is 1. The summed E-state index contributed by atoms with van der Waals surface area (Å²) in [4.78, 5) is 28.2. The van der Waals surface area contributed by atoms with Crippen molar-refractivity contribution < 1.29 is 9.21 Å². The molecule has 2 aromatic heterocycles. The molecule has 2 fully saturated rings. The van der Waals surface area contributed by atoms with E-state index in [1.165, 1.54) is 0 Å².